The van der Waals surface area contributed by atoms with Gasteiger partial charge in [-0.1, -0.05) is 57.8 Å². The van der Waals surface area contributed by atoms with Gasteiger partial charge in [-0.15, -0.1) is 0 Å². The van der Waals surface area contributed by atoms with Crippen molar-refractivity contribution < 1.29 is 20.1 Å². The van der Waals surface area contributed by atoms with Crippen LogP contribution in [0, 0.1) is 0 Å². The lowest BCUT2D eigenvalue weighted by Gasteiger charge is -2.05. The molecule has 4 heteroatoms. The molecule has 1 unspecified atom stereocenters. The van der Waals surface area contributed by atoms with E-state index in [-0.39, 0.29) is 0 Å². The van der Waals surface area contributed by atoms with E-state index in [4.69, 9.17) is 15.3 Å². The van der Waals surface area contributed by atoms with Gasteiger partial charge in [0.05, 0.1) is 0 Å². The zero-order chi connectivity index (χ0) is 13.6. The summed E-state index contributed by atoms with van der Waals surface area (Å²) in [7, 11) is 0. The van der Waals surface area contributed by atoms with Gasteiger partial charge < -0.3 is 15.3 Å². The quantitative estimate of drug-likeness (QED) is 0.445. The molecule has 0 spiro atoms. The van der Waals surface area contributed by atoms with Crippen molar-refractivity contribution in [3.63, 3.8) is 0 Å². The Bertz CT molecular complexity index is 194. The molecule has 0 aromatic carbocycles. The molecule has 3 N–H and O–H groups in total. The first kappa shape index (κ1) is 17.4. The Morgan fingerprint density at radius 2 is 1.17 bits per heavy atom. The van der Waals surface area contributed by atoms with Crippen LogP contribution in [0.15, 0.2) is 0 Å². The smallest absolute Gasteiger partial charge is 0.332 e. The third-order valence-corrected chi connectivity index (χ3v) is 3.17. The van der Waals surface area contributed by atoms with E-state index >= 15 is 0 Å². The molecule has 0 aromatic heterocycles. The Morgan fingerprint density at radius 1 is 0.778 bits per heavy atom. The van der Waals surface area contributed by atoms with Crippen LogP contribution in [-0.2, 0) is 4.79 Å². The van der Waals surface area contributed by atoms with Gasteiger partial charge in [0.1, 0.15) is 0 Å². The highest BCUT2D eigenvalue weighted by molar-refractivity contribution is 5.71. The zero-order valence-electron chi connectivity index (χ0n) is 11.3. The van der Waals surface area contributed by atoms with E-state index < -0.39 is 12.1 Å². The molecule has 0 bridgehead atoms. The zero-order valence-corrected chi connectivity index (χ0v) is 11.3. The van der Waals surface area contributed by atoms with Crippen molar-refractivity contribution in [3.05, 3.63) is 0 Å². The fraction of sp³-hybridized carbons (Fsp3) is 0.929. The van der Waals surface area contributed by atoms with E-state index in [2.05, 4.69) is 0 Å². The number of aliphatic hydroxyl groups excluding tert-OH is 2. The maximum atomic E-state index is 10.3. The van der Waals surface area contributed by atoms with Crippen LogP contribution in [0.4, 0.5) is 0 Å². The second-order valence-corrected chi connectivity index (χ2v) is 4.90. The molecule has 0 saturated carbocycles. The average Bonchev–Trinajstić information content (AvgIpc) is 2.35. The highest BCUT2D eigenvalue weighted by Gasteiger charge is 2.11. The maximum Gasteiger partial charge on any atom is 0.332 e. The van der Waals surface area contributed by atoms with Crippen molar-refractivity contribution in [3.8, 4) is 0 Å². The summed E-state index contributed by atoms with van der Waals surface area (Å²) in [6.45, 7) is 0.308. The number of hydrogen-bond acceptors (Lipinski definition) is 3. The fourth-order valence-corrected chi connectivity index (χ4v) is 1.99. The van der Waals surface area contributed by atoms with Crippen molar-refractivity contribution in [2.75, 3.05) is 6.61 Å². The first-order valence-corrected chi connectivity index (χ1v) is 7.20. The van der Waals surface area contributed by atoms with E-state index in [1.165, 1.54) is 32.1 Å². The van der Waals surface area contributed by atoms with E-state index in [1.807, 2.05) is 0 Å². The number of rotatable bonds is 13. The lowest BCUT2D eigenvalue weighted by molar-refractivity contribution is -0.146. The first-order valence-electron chi connectivity index (χ1n) is 7.20. The van der Waals surface area contributed by atoms with Crippen LogP contribution in [0.1, 0.15) is 70.6 Å². The molecule has 0 fully saturated rings. The summed E-state index contributed by atoms with van der Waals surface area (Å²) in [5, 5.41) is 26.1. The topological polar surface area (TPSA) is 77.8 Å². The summed E-state index contributed by atoms with van der Waals surface area (Å²) < 4.78 is 0. The Kier molecular flexibility index (Phi) is 12.4. The largest absolute Gasteiger partial charge is 0.479 e. The Balaban J connectivity index is 3.05. The van der Waals surface area contributed by atoms with Gasteiger partial charge in [0.25, 0.3) is 0 Å². The minimum atomic E-state index is -1.18. The molecule has 0 aliphatic carbocycles. The minimum absolute atomic E-state index is 0.308. The fourth-order valence-electron chi connectivity index (χ4n) is 1.99. The summed E-state index contributed by atoms with van der Waals surface area (Å²) in [6.07, 6.45) is 10.3. The molecule has 0 rings (SSSR count). The van der Waals surface area contributed by atoms with Gasteiger partial charge in [0.15, 0.2) is 6.10 Å². The molecule has 0 aromatic rings. The molecule has 4 nitrogen and oxygen atoms in total. The van der Waals surface area contributed by atoms with Crippen LogP contribution in [0.5, 0.6) is 0 Å². The third-order valence-electron chi connectivity index (χ3n) is 3.17. The minimum Gasteiger partial charge on any atom is -0.479 e. The summed E-state index contributed by atoms with van der Waals surface area (Å²) in [6, 6.07) is 0. The van der Waals surface area contributed by atoms with Crippen molar-refractivity contribution in [1.82, 2.24) is 0 Å². The van der Waals surface area contributed by atoms with Crippen molar-refractivity contribution >= 4 is 5.97 Å². The highest BCUT2D eigenvalue weighted by atomic mass is 16.4. The predicted octanol–water partition coefficient (Wildman–Crippen LogP) is 2.72. The highest BCUT2D eigenvalue weighted by Crippen LogP contribution is 2.12. The predicted molar refractivity (Wildman–Crippen MR) is 71.5 cm³/mol. The molecule has 0 saturated heterocycles. The van der Waals surface area contributed by atoms with Crippen LogP contribution in [0.3, 0.4) is 0 Å². The van der Waals surface area contributed by atoms with Crippen LogP contribution >= 0.6 is 0 Å². The van der Waals surface area contributed by atoms with Crippen LogP contribution < -0.4 is 0 Å². The third kappa shape index (κ3) is 11.9. The molecule has 0 aliphatic heterocycles. The monoisotopic (exact) mass is 260 g/mol. The second kappa shape index (κ2) is 12.8. The van der Waals surface area contributed by atoms with Gasteiger partial charge in [-0.3, -0.25) is 0 Å². The molecule has 18 heavy (non-hydrogen) atoms. The second-order valence-electron chi connectivity index (χ2n) is 4.90. The van der Waals surface area contributed by atoms with Gasteiger partial charge in [0.2, 0.25) is 0 Å². The Labute approximate surface area is 110 Å². The van der Waals surface area contributed by atoms with Crippen molar-refractivity contribution in [2.45, 2.75) is 76.7 Å². The number of carboxylic acids is 1. The molecule has 0 amide bonds. The van der Waals surface area contributed by atoms with E-state index in [0.717, 1.165) is 32.1 Å². The maximum absolute atomic E-state index is 10.3. The normalized spacial score (nSPS) is 12.6. The van der Waals surface area contributed by atoms with Crippen molar-refractivity contribution in [1.29, 1.82) is 0 Å². The number of carbonyl (C=O) groups is 1. The molecular formula is C14H28O4. The van der Waals surface area contributed by atoms with E-state index in [1.54, 1.807) is 0 Å². The molecule has 0 heterocycles. The molecular weight excluding hydrogens is 232 g/mol. The Hall–Kier alpha value is -0.610. The van der Waals surface area contributed by atoms with E-state index in [9.17, 15) is 4.79 Å². The van der Waals surface area contributed by atoms with Gasteiger partial charge in [0, 0.05) is 6.61 Å². The number of hydrogen-bond donors (Lipinski definition) is 3. The summed E-state index contributed by atoms with van der Waals surface area (Å²) >= 11 is 0. The van der Waals surface area contributed by atoms with Crippen molar-refractivity contribution in [2.24, 2.45) is 0 Å². The van der Waals surface area contributed by atoms with Gasteiger partial charge in [-0.05, 0) is 12.8 Å². The molecule has 0 aliphatic rings. The van der Waals surface area contributed by atoms with Crippen LogP contribution in [0.25, 0.3) is 0 Å². The lowest BCUT2D eigenvalue weighted by atomic mass is 10.0. The average molecular weight is 260 g/mol. The number of aliphatic hydroxyl groups is 2. The molecule has 1 atom stereocenters. The van der Waals surface area contributed by atoms with Crippen LogP contribution in [0.2, 0.25) is 0 Å². The van der Waals surface area contributed by atoms with Gasteiger partial charge in [-0.2, -0.15) is 0 Å². The number of carboxylic acid groups (broad SMARTS) is 1. The van der Waals surface area contributed by atoms with Gasteiger partial charge in [-0.25, -0.2) is 4.79 Å². The molecule has 0 radical (unpaired) electrons. The first-order chi connectivity index (χ1) is 8.68. The lowest BCUT2D eigenvalue weighted by Crippen LogP contribution is -2.18. The SMILES string of the molecule is O=C(O)C(O)CCCCCCCCCCCCO. The number of aliphatic carboxylic acids is 1. The van der Waals surface area contributed by atoms with Crippen LogP contribution in [-0.4, -0.2) is 34.0 Å². The molecule has 108 valence electrons. The number of unbranched alkanes of at least 4 members (excludes halogenated alkanes) is 9. The summed E-state index contributed by atoms with van der Waals surface area (Å²) in [5.74, 6) is -1.11. The Morgan fingerprint density at radius 3 is 1.56 bits per heavy atom. The standard InChI is InChI=1S/C14H28O4/c15-12-10-8-6-4-2-1-3-5-7-9-11-13(16)14(17)18/h13,15-16H,1-12H2,(H,17,18). The van der Waals surface area contributed by atoms with Gasteiger partial charge >= 0.3 is 5.97 Å². The summed E-state index contributed by atoms with van der Waals surface area (Å²) in [5.41, 5.74) is 0. The van der Waals surface area contributed by atoms with E-state index in [0.29, 0.717) is 13.0 Å². The summed E-state index contributed by atoms with van der Waals surface area (Å²) in [4.78, 5) is 10.3.